The van der Waals surface area contributed by atoms with Crippen LogP contribution in [0.3, 0.4) is 0 Å². The van der Waals surface area contributed by atoms with Gasteiger partial charge in [0, 0.05) is 69.5 Å². The zero-order valence-corrected chi connectivity index (χ0v) is 20.1. The third-order valence-electron chi connectivity index (χ3n) is 6.69. The van der Waals surface area contributed by atoms with Crippen LogP contribution in [0.4, 0.5) is 0 Å². The lowest BCUT2D eigenvalue weighted by molar-refractivity contribution is -0.134. The molecule has 2 heterocycles. The van der Waals surface area contributed by atoms with Gasteiger partial charge in [-0.05, 0) is 42.7 Å². The molecule has 2 amide bonds. The molecule has 2 aliphatic heterocycles. The number of halogens is 1. The Bertz CT molecular complexity index is 974. The Kier molecular flexibility index (Phi) is 8.02. The minimum Gasteiger partial charge on any atom is -0.339 e. The quantitative estimate of drug-likeness (QED) is 0.676. The Balaban J connectivity index is 1.23. The molecule has 0 atom stereocenters. The molecule has 2 saturated heterocycles. The van der Waals surface area contributed by atoms with Crippen LogP contribution in [0.5, 0.6) is 0 Å². The van der Waals surface area contributed by atoms with Crippen LogP contribution in [0.15, 0.2) is 48.5 Å². The van der Waals surface area contributed by atoms with Gasteiger partial charge < -0.3 is 9.80 Å². The third-order valence-corrected chi connectivity index (χ3v) is 6.92. The molecule has 0 saturated carbocycles. The molecule has 0 aromatic heterocycles. The van der Waals surface area contributed by atoms with Gasteiger partial charge in [0.25, 0.3) is 5.91 Å². The lowest BCUT2D eigenvalue weighted by Gasteiger charge is -2.36. The van der Waals surface area contributed by atoms with E-state index >= 15 is 0 Å². The maximum absolute atomic E-state index is 12.9. The molecule has 0 bridgehead atoms. The first-order valence-electron chi connectivity index (χ1n) is 11.8. The summed E-state index contributed by atoms with van der Waals surface area (Å²) in [4.78, 5) is 34.3. The molecule has 0 N–H and O–H groups in total. The fraction of sp³-hybridized carbons (Fsp3) is 0.462. The average molecular weight is 469 g/mol. The molecular weight excluding hydrogens is 436 g/mol. The second kappa shape index (κ2) is 11.1. The van der Waals surface area contributed by atoms with Crippen LogP contribution in [0, 0.1) is 6.92 Å². The topological polar surface area (TPSA) is 47.1 Å². The van der Waals surface area contributed by atoms with Crippen LogP contribution < -0.4 is 0 Å². The average Bonchev–Trinajstić information content (AvgIpc) is 3.06. The van der Waals surface area contributed by atoms with Crippen LogP contribution in [-0.2, 0) is 11.3 Å². The highest BCUT2D eigenvalue weighted by Crippen LogP contribution is 2.15. The summed E-state index contributed by atoms with van der Waals surface area (Å²) in [6, 6.07) is 15.6. The number of carbonyl (C=O) groups is 2. The fourth-order valence-corrected chi connectivity index (χ4v) is 4.80. The molecule has 0 radical (unpaired) electrons. The van der Waals surface area contributed by atoms with Gasteiger partial charge in [0.05, 0.1) is 6.54 Å². The maximum Gasteiger partial charge on any atom is 0.253 e. The number of piperazine rings is 1. The third kappa shape index (κ3) is 6.34. The Morgan fingerprint density at radius 2 is 1.55 bits per heavy atom. The first kappa shape index (κ1) is 23.7. The van der Waals surface area contributed by atoms with Crippen LogP contribution in [-0.4, -0.2) is 90.3 Å². The zero-order chi connectivity index (χ0) is 23.2. The van der Waals surface area contributed by atoms with Gasteiger partial charge >= 0.3 is 0 Å². The van der Waals surface area contributed by atoms with Crippen molar-refractivity contribution in [3.05, 3.63) is 70.2 Å². The van der Waals surface area contributed by atoms with Crippen molar-refractivity contribution in [3.63, 3.8) is 0 Å². The van der Waals surface area contributed by atoms with E-state index in [1.807, 2.05) is 9.80 Å². The van der Waals surface area contributed by atoms with E-state index in [4.69, 9.17) is 11.6 Å². The minimum atomic E-state index is 0.00968. The monoisotopic (exact) mass is 468 g/mol. The van der Waals surface area contributed by atoms with Gasteiger partial charge in [0.1, 0.15) is 0 Å². The van der Waals surface area contributed by atoms with Crippen molar-refractivity contribution in [3.8, 4) is 0 Å². The smallest absolute Gasteiger partial charge is 0.253 e. The van der Waals surface area contributed by atoms with E-state index in [1.165, 1.54) is 11.1 Å². The number of nitrogens with zero attached hydrogens (tertiary/aromatic N) is 4. The normalized spacial score (nSPS) is 18.2. The lowest BCUT2D eigenvalue weighted by atomic mass is 10.1. The summed E-state index contributed by atoms with van der Waals surface area (Å²) in [6.07, 6.45) is 0.865. The van der Waals surface area contributed by atoms with Crippen molar-refractivity contribution in [2.24, 2.45) is 0 Å². The van der Waals surface area contributed by atoms with Gasteiger partial charge in [-0.1, -0.05) is 41.9 Å². The van der Waals surface area contributed by atoms with Gasteiger partial charge in [-0.25, -0.2) is 0 Å². The van der Waals surface area contributed by atoms with Crippen LogP contribution in [0.25, 0.3) is 0 Å². The predicted octanol–water partition coefficient (Wildman–Crippen LogP) is 3.14. The highest BCUT2D eigenvalue weighted by molar-refractivity contribution is 6.30. The van der Waals surface area contributed by atoms with E-state index in [0.29, 0.717) is 36.8 Å². The van der Waals surface area contributed by atoms with Gasteiger partial charge in [-0.3, -0.25) is 19.4 Å². The molecule has 176 valence electrons. The van der Waals surface area contributed by atoms with Crippen LogP contribution in [0.2, 0.25) is 5.02 Å². The number of hydrogen-bond acceptors (Lipinski definition) is 4. The molecule has 4 rings (SSSR count). The van der Waals surface area contributed by atoms with E-state index in [1.54, 1.807) is 24.3 Å². The molecule has 7 heteroatoms. The van der Waals surface area contributed by atoms with Crippen molar-refractivity contribution < 1.29 is 9.59 Å². The summed E-state index contributed by atoms with van der Waals surface area (Å²) in [5.41, 5.74) is 3.30. The summed E-state index contributed by atoms with van der Waals surface area (Å²) in [7, 11) is 0. The molecule has 2 aromatic carbocycles. The second-order valence-electron chi connectivity index (χ2n) is 9.02. The van der Waals surface area contributed by atoms with E-state index in [-0.39, 0.29) is 11.8 Å². The van der Waals surface area contributed by atoms with Gasteiger partial charge in [0.15, 0.2) is 0 Å². The summed E-state index contributed by atoms with van der Waals surface area (Å²) >= 11 is 6.05. The Morgan fingerprint density at radius 1 is 0.818 bits per heavy atom. The number of rotatable bonds is 5. The standard InChI is InChI=1S/C26H33ClN4O2/c1-21-6-2-3-7-23(21)19-29-12-15-30(16-13-29)25(32)20-28-10-5-11-31(17-14-28)26(33)22-8-4-9-24(27)18-22/h2-4,6-9,18H,5,10-17,19-20H2,1H3. The van der Waals surface area contributed by atoms with Crippen LogP contribution in [0.1, 0.15) is 27.9 Å². The van der Waals surface area contributed by atoms with Gasteiger partial charge in [-0.2, -0.15) is 0 Å². The largest absolute Gasteiger partial charge is 0.339 e. The van der Waals surface area contributed by atoms with Crippen molar-refractivity contribution in [1.82, 2.24) is 19.6 Å². The van der Waals surface area contributed by atoms with Crippen molar-refractivity contribution >= 4 is 23.4 Å². The van der Waals surface area contributed by atoms with E-state index < -0.39 is 0 Å². The second-order valence-corrected chi connectivity index (χ2v) is 9.45. The Labute approximate surface area is 201 Å². The molecule has 6 nitrogen and oxygen atoms in total. The summed E-state index contributed by atoms with van der Waals surface area (Å²) in [5.74, 6) is 0.204. The molecule has 33 heavy (non-hydrogen) atoms. The number of carbonyl (C=O) groups excluding carboxylic acids is 2. The van der Waals surface area contributed by atoms with Gasteiger partial charge in [-0.15, -0.1) is 0 Å². The summed E-state index contributed by atoms with van der Waals surface area (Å²) in [6.45, 7) is 9.76. The summed E-state index contributed by atoms with van der Waals surface area (Å²) in [5, 5.41) is 0.571. The van der Waals surface area contributed by atoms with E-state index in [2.05, 4.69) is 41.0 Å². The Hall–Kier alpha value is -2.41. The zero-order valence-electron chi connectivity index (χ0n) is 19.4. The molecular formula is C26H33ClN4O2. The molecule has 2 aliphatic rings. The first-order valence-corrected chi connectivity index (χ1v) is 12.2. The van der Waals surface area contributed by atoms with Crippen molar-refractivity contribution in [1.29, 1.82) is 0 Å². The summed E-state index contributed by atoms with van der Waals surface area (Å²) < 4.78 is 0. The van der Waals surface area contributed by atoms with Crippen LogP contribution >= 0.6 is 11.6 Å². The number of hydrogen-bond donors (Lipinski definition) is 0. The van der Waals surface area contributed by atoms with E-state index in [0.717, 1.165) is 45.7 Å². The lowest BCUT2D eigenvalue weighted by Crippen LogP contribution is -2.51. The SMILES string of the molecule is Cc1ccccc1CN1CCN(C(=O)CN2CCCN(C(=O)c3cccc(Cl)c3)CC2)CC1. The molecule has 2 aromatic rings. The minimum absolute atomic E-state index is 0.00968. The molecule has 0 spiro atoms. The molecule has 0 unspecified atom stereocenters. The fourth-order valence-electron chi connectivity index (χ4n) is 4.61. The Morgan fingerprint density at radius 3 is 2.30 bits per heavy atom. The van der Waals surface area contributed by atoms with E-state index in [9.17, 15) is 9.59 Å². The molecule has 0 aliphatic carbocycles. The highest BCUT2D eigenvalue weighted by Gasteiger charge is 2.25. The van der Waals surface area contributed by atoms with Crippen molar-refractivity contribution in [2.45, 2.75) is 19.9 Å². The maximum atomic E-state index is 12.9. The predicted molar refractivity (Wildman–Crippen MR) is 131 cm³/mol. The molecule has 2 fully saturated rings. The highest BCUT2D eigenvalue weighted by atomic mass is 35.5. The number of benzene rings is 2. The number of aryl methyl sites for hydroxylation is 1. The first-order chi connectivity index (χ1) is 16.0. The van der Waals surface area contributed by atoms with Gasteiger partial charge in [0.2, 0.25) is 5.91 Å². The van der Waals surface area contributed by atoms with Crippen molar-refractivity contribution in [2.75, 3.05) is 58.9 Å². The number of amides is 2.